The molecular formula is C21H33N7O. The van der Waals surface area contributed by atoms with Crippen LogP contribution < -0.4 is 10.6 Å². The number of aromatic amines is 1. The van der Waals surface area contributed by atoms with Crippen LogP contribution >= 0.6 is 0 Å². The summed E-state index contributed by atoms with van der Waals surface area (Å²) < 4.78 is 5.33. The van der Waals surface area contributed by atoms with Gasteiger partial charge in [-0.25, -0.2) is 4.98 Å². The van der Waals surface area contributed by atoms with E-state index in [1.165, 1.54) is 58.0 Å². The molecule has 0 atom stereocenters. The fraction of sp³-hybridized carbons (Fsp3) is 0.667. The van der Waals surface area contributed by atoms with Crippen LogP contribution in [0.3, 0.4) is 0 Å². The second-order valence-electron chi connectivity index (χ2n) is 8.08. The SMILES string of the molecule is CN=C(NCCc1nc(-c2ccco2)n[nH]1)NC1CCN(C2CCCCC2)CC1. The number of rotatable bonds is 6. The Morgan fingerprint density at radius 2 is 2.07 bits per heavy atom. The number of furan rings is 1. The van der Waals surface area contributed by atoms with Crippen molar-refractivity contribution in [3.8, 4) is 11.6 Å². The fourth-order valence-electron chi connectivity index (χ4n) is 4.47. The number of piperidine rings is 1. The molecule has 1 saturated carbocycles. The van der Waals surface area contributed by atoms with Gasteiger partial charge in [0.1, 0.15) is 5.82 Å². The van der Waals surface area contributed by atoms with Crippen molar-refractivity contribution in [2.75, 3.05) is 26.7 Å². The van der Waals surface area contributed by atoms with E-state index in [0.717, 1.165) is 30.8 Å². The molecule has 3 heterocycles. The summed E-state index contributed by atoms with van der Waals surface area (Å²) in [5.41, 5.74) is 0. The quantitative estimate of drug-likeness (QED) is 0.511. The highest BCUT2D eigenvalue weighted by Crippen LogP contribution is 2.25. The van der Waals surface area contributed by atoms with Crippen LogP contribution in [0.15, 0.2) is 27.8 Å². The molecule has 2 aromatic heterocycles. The highest BCUT2D eigenvalue weighted by molar-refractivity contribution is 5.79. The molecule has 0 amide bonds. The normalized spacial score (nSPS) is 20.1. The lowest BCUT2D eigenvalue weighted by Crippen LogP contribution is -2.51. The molecule has 4 rings (SSSR count). The molecule has 29 heavy (non-hydrogen) atoms. The fourth-order valence-corrected chi connectivity index (χ4v) is 4.47. The zero-order chi connectivity index (χ0) is 19.9. The first-order chi connectivity index (χ1) is 14.3. The van der Waals surface area contributed by atoms with Crippen molar-refractivity contribution < 1.29 is 4.42 Å². The summed E-state index contributed by atoms with van der Waals surface area (Å²) in [7, 11) is 1.83. The van der Waals surface area contributed by atoms with Gasteiger partial charge in [-0.3, -0.25) is 10.1 Å². The van der Waals surface area contributed by atoms with Crippen molar-refractivity contribution in [1.82, 2.24) is 30.7 Å². The number of aromatic nitrogens is 3. The Hall–Kier alpha value is -2.35. The summed E-state index contributed by atoms with van der Waals surface area (Å²) in [6.07, 6.45) is 11.8. The minimum absolute atomic E-state index is 0.497. The van der Waals surface area contributed by atoms with Crippen LogP contribution in [0, 0.1) is 0 Å². The van der Waals surface area contributed by atoms with E-state index in [1.807, 2.05) is 19.2 Å². The third kappa shape index (κ3) is 5.38. The van der Waals surface area contributed by atoms with Gasteiger partial charge in [0.2, 0.25) is 5.82 Å². The summed E-state index contributed by atoms with van der Waals surface area (Å²) in [5.74, 6) is 2.97. The molecule has 8 nitrogen and oxygen atoms in total. The molecule has 158 valence electrons. The Balaban J connectivity index is 1.17. The molecule has 1 aliphatic heterocycles. The highest BCUT2D eigenvalue weighted by atomic mass is 16.3. The molecule has 8 heteroatoms. The number of nitrogens with zero attached hydrogens (tertiary/aromatic N) is 4. The van der Waals surface area contributed by atoms with E-state index >= 15 is 0 Å². The van der Waals surface area contributed by atoms with Gasteiger partial charge in [-0.2, -0.15) is 5.10 Å². The van der Waals surface area contributed by atoms with Crippen LogP contribution in [0.4, 0.5) is 0 Å². The van der Waals surface area contributed by atoms with Crippen molar-refractivity contribution in [3.05, 3.63) is 24.2 Å². The zero-order valence-corrected chi connectivity index (χ0v) is 17.4. The van der Waals surface area contributed by atoms with Crippen LogP contribution in [0.5, 0.6) is 0 Å². The average Bonchev–Trinajstić information content (AvgIpc) is 3.46. The maximum Gasteiger partial charge on any atom is 0.216 e. The highest BCUT2D eigenvalue weighted by Gasteiger charge is 2.26. The number of hydrogen-bond acceptors (Lipinski definition) is 5. The van der Waals surface area contributed by atoms with Crippen molar-refractivity contribution in [2.24, 2.45) is 4.99 Å². The van der Waals surface area contributed by atoms with Crippen LogP contribution in [0.2, 0.25) is 0 Å². The Labute approximate surface area is 172 Å². The third-order valence-electron chi connectivity index (χ3n) is 6.11. The van der Waals surface area contributed by atoms with Crippen LogP contribution in [0.25, 0.3) is 11.6 Å². The Bertz CT molecular complexity index is 756. The maximum absolute atomic E-state index is 5.33. The molecule has 2 fully saturated rings. The first-order valence-electron chi connectivity index (χ1n) is 11.0. The summed E-state index contributed by atoms with van der Waals surface area (Å²) in [6.45, 7) is 3.15. The molecule has 2 aromatic rings. The number of hydrogen-bond donors (Lipinski definition) is 3. The molecule has 0 radical (unpaired) electrons. The summed E-state index contributed by atoms with van der Waals surface area (Å²) >= 11 is 0. The molecule has 0 spiro atoms. The van der Waals surface area contributed by atoms with Crippen molar-refractivity contribution in [3.63, 3.8) is 0 Å². The van der Waals surface area contributed by atoms with E-state index in [0.29, 0.717) is 17.6 Å². The van der Waals surface area contributed by atoms with Gasteiger partial charge in [-0.05, 0) is 37.8 Å². The van der Waals surface area contributed by atoms with E-state index < -0.39 is 0 Å². The summed E-state index contributed by atoms with van der Waals surface area (Å²) in [5, 5.41) is 14.2. The molecular weight excluding hydrogens is 366 g/mol. The van der Waals surface area contributed by atoms with Gasteiger partial charge in [-0.15, -0.1) is 0 Å². The van der Waals surface area contributed by atoms with Crippen LogP contribution in [0.1, 0.15) is 50.8 Å². The van der Waals surface area contributed by atoms with E-state index in [4.69, 9.17) is 4.42 Å². The molecule has 0 bridgehead atoms. The molecule has 0 unspecified atom stereocenters. The predicted molar refractivity (Wildman–Crippen MR) is 114 cm³/mol. The van der Waals surface area contributed by atoms with Gasteiger partial charge in [0.05, 0.1) is 6.26 Å². The number of H-pyrrole nitrogens is 1. The minimum atomic E-state index is 0.497. The smallest absolute Gasteiger partial charge is 0.216 e. The Morgan fingerprint density at radius 1 is 1.24 bits per heavy atom. The van der Waals surface area contributed by atoms with E-state index in [2.05, 4.69) is 35.7 Å². The number of likely N-dealkylation sites (tertiary alicyclic amines) is 1. The summed E-state index contributed by atoms with van der Waals surface area (Å²) in [6, 6.07) is 5.02. The topological polar surface area (TPSA) is 94.4 Å². The Kier molecular flexibility index (Phi) is 6.82. The first-order valence-corrected chi connectivity index (χ1v) is 11.0. The van der Waals surface area contributed by atoms with Gasteiger partial charge in [0.15, 0.2) is 11.7 Å². The Morgan fingerprint density at radius 3 is 2.79 bits per heavy atom. The maximum atomic E-state index is 5.33. The minimum Gasteiger partial charge on any atom is -0.461 e. The number of nitrogens with one attached hydrogen (secondary N) is 3. The van der Waals surface area contributed by atoms with Crippen LogP contribution in [-0.2, 0) is 6.42 Å². The second kappa shape index (κ2) is 9.91. The standard InChI is InChI=1S/C21H33N7O/c1-22-21(23-12-9-19-25-20(27-26-19)18-8-5-15-29-18)24-16-10-13-28(14-11-16)17-6-3-2-4-7-17/h5,8,15-17H,2-4,6-7,9-14H2,1H3,(H2,22,23,24)(H,25,26,27). The van der Waals surface area contributed by atoms with Crippen molar-refractivity contribution in [2.45, 2.75) is 63.5 Å². The van der Waals surface area contributed by atoms with Gasteiger partial charge in [0.25, 0.3) is 0 Å². The monoisotopic (exact) mass is 399 g/mol. The first kappa shape index (κ1) is 19.9. The molecule has 2 aliphatic rings. The van der Waals surface area contributed by atoms with Crippen LogP contribution in [-0.4, -0.2) is 64.8 Å². The molecule has 0 aromatic carbocycles. The number of guanidine groups is 1. The second-order valence-corrected chi connectivity index (χ2v) is 8.08. The van der Waals surface area contributed by atoms with Crippen molar-refractivity contribution in [1.29, 1.82) is 0 Å². The molecule has 3 N–H and O–H groups in total. The van der Waals surface area contributed by atoms with Gasteiger partial charge >= 0.3 is 0 Å². The molecule has 1 saturated heterocycles. The van der Waals surface area contributed by atoms with Gasteiger partial charge in [-0.1, -0.05) is 19.3 Å². The van der Waals surface area contributed by atoms with Gasteiger partial charge in [0, 0.05) is 45.2 Å². The van der Waals surface area contributed by atoms with E-state index in [1.54, 1.807) is 6.26 Å². The third-order valence-corrected chi connectivity index (χ3v) is 6.11. The van der Waals surface area contributed by atoms with E-state index in [-0.39, 0.29) is 0 Å². The predicted octanol–water partition coefficient (Wildman–Crippen LogP) is 2.57. The van der Waals surface area contributed by atoms with Gasteiger partial charge < -0.3 is 20.0 Å². The zero-order valence-electron chi connectivity index (χ0n) is 17.4. The largest absolute Gasteiger partial charge is 0.461 e. The van der Waals surface area contributed by atoms with Crippen molar-refractivity contribution >= 4 is 5.96 Å². The summed E-state index contributed by atoms with van der Waals surface area (Å²) in [4.78, 5) is 11.6. The lowest BCUT2D eigenvalue weighted by atomic mass is 9.92. The lowest BCUT2D eigenvalue weighted by Gasteiger charge is -2.39. The average molecular weight is 400 g/mol. The number of aliphatic imine (C=N–C) groups is 1. The molecule has 1 aliphatic carbocycles. The lowest BCUT2D eigenvalue weighted by molar-refractivity contribution is 0.119. The van der Waals surface area contributed by atoms with E-state index in [9.17, 15) is 0 Å².